The molecule has 0 heterocycles. The summed E-state index contributed by atoms with van der Waals surface area (Å²) in [4.78, 5) is 22.6. The third kappa shape index (κ3) is 5.45. The quantitative estimate of drug-likeness (QED) is 0.722. The van der Waals surface area contributed by atoms with E-state index >= 15 is 0 Å². The maximum absolute atomic E-state index is 12.0. The Kier molecular flexibility index (Phi) is 5.20. The van der Waals surface area contributed by atoms with Crippen LogP contribution >= 0.6 is 0 Å². The topological polar surface area (TPSA) is 78.4 Å². The highest BCUT2D eigenvalue weighted by Gasteiger charge is 2.24. The van der Waals surface area contributed by atoms with Gasteiger partial charge in [-0.1, -0.05) is 31.0 Å². The lowest BCUT2D eigenvalue weighted by Crippen LogP contribution is -2.36. The highest BCUT2D eigenvalue weighted by Crippen LogP contribution is 2.33. The maximum atomic E-state index is 12.0. The third-order valence-electron chi connectivity index (χ3n) is 3.64. The number of carboxylic acid groups (broad SMARTS) is 1. The summed E-state index contributed by atoms with van der Waals surface area (Å²) >= 11 is 0. The summed E-state index contributed by atoms with van der Waals surface area (Å²) < 4.78 is 0. The zero-order chi connectivity index (χ0) is 15.2. The van der Waals surface area contributed by atoms with E-state index in [4.69, 9.17) is 5.11 Å². The molecule has 1 aromatic rings. The second kappa shape index (κ2) is 7.11. The summed E-state index contributed by atoms with van der Waals surface area (Å²) in [6, 6.07) is 7.23. The SMILES string of the molecule is CC(CC1CC1)NC(=O)Nc1ccccc1CCC(=O)O. The highest BCUT2D eigenvalue weighted by molar-refractivity contribution is 5.90. The van der Waals surface area contributed by atoms with Crippen LogP contribution in [0, 0.1) is 5.92 Å². The molecule has 1 unspecified atom stereocenters. The molecule has 114 valence electrons. The number of carbonyl (C=O) groups excluding carboxylic acids is 1. The molecular formula is C16H22N2O3. The van der Waals surface area contributed by atoms with Gasteiger partial charge in [0.15, 0.2) is 0 Å². The number of amides is 2. The van der Waals surface area contributed by atoms with Crippen LogP contribution in [-0.2, 0) is 11.2 Å². The normalized spacial score (nSPS) is 15.3. The molecule has 5 heteroatoms. The first-order valence-electron chi connectivity index (χ1n) is 7.42. The molecule has 2 amide bonds. The molecule has 1 fully saturated rings. The highest BCUT2D eigenvalue weighted by atomic mass is 16.4. The van der Waals surface area contributed by atoms with Crippen molar-refractivity contribution in [1.29, 1.82) is 0 Å². The Bertz CT molecular complexity index is 512. The van der Waals surface area contributed by atoms with Gasteiger partial charge in [0.1, 0.15) is 0 Å². The number of hydrogen-bond donors (Lipinski definition) is 3. The Balaban J connectivity index is 1.88. The van der Waals surface area contributed by atoms with E-state index in [2.05, 4.69) is 10.6 Å². The van der Waals surface area contributed by atoms with Crippen molar-refractivity contribution in [1.82, 2.24) is 5.32 Å². The van der Waals surface area contributed by atoms with Crippen molar-refractivity contribution in [2.24, 2.45) is 5.92 Å². The first kappa shape index (κ1) is 15.4. The number of para-hydroxylation sites is 1. The second-order valence-corrected chi connectivity index (χ2v) is 5.73. The summed E-state index contributed by atoms with van der Waals surface area (Å²) in [6.07, 6.45) is 4.02. The Morgan fingerprint density at radius 2 is 2.05 bits per heavy atom. The van der Waals surface area contributed by atoms with Gasteiger partial charge in [-0.3, -0.25) is 4.79 Å². The van der Waals surface area contributed by atoms with E-state index in [0.717, 1.165) is 17.9 Å². The molecule has 0 spiro atoms. The van der Waals surface area contributed by atoms with Gasteiger partial charge in [-0.2, -0.15) is 0 Å². The lowest BCUT2D eigenvalue weighted by Gasteiger charge is -2.15. The van der Waals surface area contributed by atoms with Crippen molar-refractivity contribution in [3.8, 4) is 0 Å². The van der Waals surface area contributed by atoms with E-state index in [1.165, 1.54) is 12.8 Å². The molecule has 1 aliphatic rings. The van der Waals surface area contributed by atoms with Crippen LogP contribution < -0.4 is 10.6 Å². The van der Waals surface area contributed by atoms with Crippen LogP contribution in [-0.4, -0.2) is 23.1 Å². The first-order valence-corrected chi connectivity index (χ1v) is 7.42. The van der Waals surface area contributed by atoms with Crippen LogP contribution in [0.15, 0.2) is 24.3 Å². The summed E-state index contributed by atoms with van der Waals surface area (Å²) in [7, 11) is 0. The molecule has 0 saturated heterocycles. The van der Waals surface area contributed by atoms with Gasteiger partial charge in [0, 0.05) is 18.2 Å². The molecule has 2 rings (SSSR count). The first-order chi connectivity index (χ1) is 10.0. The number of hydrogen-bond acceptors (Lipinski definition) is 2. The van der Waals surface area contributed by atoms with Crippen LogP contribution in [0.25, 0.3) is 0 Å². The number of nitrogens with one attached hydrogen (secondary N) is 2. The number of urea groups is 1. The van der Waals surface area contributed by atoms with Gasteiger partial charge < -0.3 is 15.7 Å². The Morgan fingerprint density at radius 3 is 2.71 bits per heavy atom. The van der Waals surface area contributed by atoms with E-state index in [-0.39, 0.29) is 18.5 Å². The largest absolute Gasteiger partial charge is 0.481 e. The van der Waals surface area contributed by atoms with E-state index in [9.17, 15) is 9.59 Å². The Labute approximate surface area is 124 Å². The molecule has 1 atom stereocenters. The average Bonchev–Trinajstić information content (AvgIpc) is 3.21. The smallest absolute Gasteiger partial charge is 0.319 e. The van der Waals surface area contributed by atoms with Crippen LogP contribution in [0.1, 0.15) is 38.2 Å². The molecule has 3 N–H and O–H groups in total. The van der Waals surface area contributed by atoms with Crippen LogP contribution in [0.5, 0.6) is 0 Å². The lowest BCUT2D eigenvalue weighted by atomic mass is 10.1. The minimum absolute atomic E-state index is 0.0540. The maximum Gasteiger partial charge on any atom is 0.319 e. The zero-order valence-electron chi connectivity index (χ0n) is 12.3. The monoisotopic (exact) mass is 290 g/mol. The van der Waals surface area contributed by atoms with Crippen molar-refractivity contribution in [3.05, 3.63) is 29.8 Å². The van der Waals surface area contributed by atoms with Gasteiger partial charge in [-0.15, -0.1) is 0 Å². The lowest BCUT2D eigenvalue weighted by molar-refractivity contribution is -0.136. The standard InChI is InChI=1S/C16H22N2O3/c1-11(10-12-6-7-12)17-16(21)18-14-5-3-2-4-13(14)8-9-15(19)20/h2-5,11-12H,6-10H2,1H3,(H,19,20)(H2,17,18,21). The fourth-order valence-electron chi connectivity index (χ4n) is 2.40. The molecule has 1 saturated carbocycles. The van der Waals surface area contributed by atoms with Gasteiger partial charge in [0.05, 0.1) is 0 Å². The van der Waals surface area contributed by atoms with Gasteiger partial charge in [0.25, 0.3) is 0 Å². The Morgan fingerprint density at radius 1 is 1.33 bits per heavy atom. The van der Waals surface area contributed by atoms with Crippen LogP contribution in [0.2, 0.25) is 0 Å². The minimum Gasteiger partial charge on any atom is -0.481 e. The fourth-order valence-corrected chi connectivity index (χ4v) is 2.40. The molecule has 0 bridgehead atoms. The van der Waals surface area contributed by atoms with Crippen LogP contribution in [0.3, 0.4) is 0 Å². The zero-order valence-corrected chi connectivity index (χ0v) is 12.3. The second-order valence-electron chi connectivity index (χ2n) is 5.73. The van der Waals surface area contributed by atoms with E-state index < -0.39 is 5.97 Å². The van der Waals surface area contributed by atoms with E-state index in [0.29, 0.717) is 12.1 Å². The number of aryl methyl sites for hydroxylation is 1. The Hall–Kier alpha value is -2.04. The number of rotatable bonds is 7. The fraction of sp³-hybridized carbons (Fsp3) is 0.500. The predicted molar refractivity (Wildman–Crippen MR) is 81.4 cm³/mol. The molecule has 5 nitrogen and oxygen atoms in total. The van der Waals surface area contributed by atoms with E-state index in [1.807, 2.05) is 25.1 Å². The number of carbonyl (C=O) groups is 2. The molecule has 0 aliphatic heterocycles. The number of anilines is 1. The summed E-state index contributed by atoms with van der Waals surface area (Å²) in [5.41, 5.74) is 1.51. The predicted octanol–water partition coefficient (Wildman–Crippen LogP) is 3.01. The van der Waals surface area contributed by atoms with Gasteiger partial charge in [-0.05, 0) is 37.3 Å². The van der Waals surface area contributed by atoms with Gasteiger partial charge in [0.2, 0.25) is 0 Å². The van der Waals surface area contributed by atoms with E-state index in [1.54, 1.807) is 6.07 Å². The van der Waals surface area contributed by atoms with Crippen molar-refractivity contribution >= 4 is 17.7 Å². The molecule has 0 aromatic heterocycles. The molecule has 21 heavy (non-hydrogen) atoms. The molecule has 1 aromatic carbocycles. The van der Waals surface area contributed by atoms with Crippen molar-refractivity contribution in [2.45, 2.75) is 45.1 Å². The summed E-state index contributed by atoms with van der Waals surface area (Å²) in [6.45, 7) is 2.01. The van der Waals surface area contributed by atoms with Crippen molar-refractivity contribution < 1.29 is 14.7 Å². The van der Waals surface area contributed by atoms with Crippen molar-refractivity contribution in [3.63, 3.8) is 0 Å². The number of aliphatic carboxylic acids is 1. The van der Waals surface area contributed by atoms with Crippen molar-refractivity contribution in [2.75, 3.05) is 5.32 Å². The molecule has 0 radical (unpaired) electrons. The average molecular weight is 290 g/mol. The number of benzene rings is 1. The summed E-state index contributed by atoms with van der Waals surface area (Å²) in [5.74, 6) is -0.0736. The van der Waals surface area contributed by atoms with Gasteiger partial charge >= 0.3 is 12.0 Å². The number of carboxylic acids is 1. The minimum atomic E-state index is -0.840. The molecule has 1 aliphatic carbocycles. The molecular weight excluding hydrogens is 268 g/mol. The van der Waals surface area contributed by atoms with Crippen LogP contribution in [0.4, 0.5) is 10.5 Å². The third-order valence-corrected chi connectivity index (χ3v) is 3.64. The van der Waals surface area contributed by atoms with Gasteiger partial charge in [-0.25, -0.2) is 4.79 Å². The summed E-state index contributed by atoms with van der Waals surface area (Å²) in [5, 5.41) is 14.5.